The van der Waals surface area contributed by atoms with Gasteiger partial charge in [0.05, 0.1) is 35.9 Å². The lowest BCUT2D eigenvalue weighted by molar-refractivity contribution is -0.128. The number of anilines is 1. The third-order valence-corrected chi connectivity index (χ3v) is 6.10. The molecule has 0 unspecified atom stereocenters. The lowest BCUT2D eigenvalue weighted by atomic mass is 10.1. The molecule has 0 bridgehead atoms. The van der Waals surface area contributed by atoms with E-state index in [1.165, 1.54) is 17.7 Å². The Kier molecular flexibility index (Phi) is 7.03. The predicted octanol–water partition coefficient (Wildman–Crippen LogP) is 4.91. The molecular weight excluding hydrogens is 513 g/mol. The molecule has 0 spiro atoms. The fourth-order valence-electron chi connectivity index (χ4n) is 3.88. The van der Waals surface area contributed by atoms with Crippen LogP contribution in [0.4, 0.5) is 18.9 Å². The summed E-state index contributed by atoms with van der Waals surface area (Å²) in [7, 11) is 1.51. The molecule has 1 aliphatic rings. The third kappa shape index (κ3) is 5.30. The molecule has 1 amide bonds. The zero-order valence-corrected chi connectivity index (χ0v) is 20.0. The van der Waals surface area contributed by atoms with Crippen molar-refractivity contribution >= 4 is 33.2 Å². The quantitative estimate of drug-likeness (QED) is 0.472. The van der Waals surface area contributed by atoms with Crippen LogP contribution in [0, 0.1) is 11.8 Å². The first-order valence-corrected chi connectivity index (χ1v) is 11.5. The Bertz CT molecular complexity index is 1270. The maximum atomic E-state index is 13.2. The number of carbonyl (C=O) groups is 1. The van der Waals surface area contributed by atoms with Crippen LogP contribution in [0.25, 0.3) is 5.65 Å². The maximum Gasteiger partial charge on any atom is 0.394 e. The summed E-state index contributed by atoms with van der Waals surface area (Å²) in [4.78, 5) is 18.7. The number of imidazole rings is 1. The fourth-order valence-corrected chi connectivity index (χ4v) is 4.31. The summed E-state index contributed by atoms with van der Waals surface area (Å²) < 4.78 is 46.9. The monoisotopic (exact) mass is 534 g/mol. The van der Waals surface area contributed by atoms with E-state index in [1.807, 2.05) is 4.90 Å². The first kappa shape index (κ1) is 24.0. The minimum atomic E-state index is -4.39. The fraction of sp³-hybridized carbons (Fsp3) is 0.333. The molecular formula is C24H22BrF3N4O2. The molecule has 6 nitrogen and oxygen atoms in total. The summed E-state index contributed by atoms with van der Waals surface area (Å²) in [6.45, 7) is 1.66. The van der Waals surface area contributed by atoms with Gasteiger partial charge in [-0.3, -0.25) is 4.79 Å². The van der Waals surface area contributed by atoms with Crippen molar-refractivity contribution in [2.24, 2.45) is 0 Å². The van der Waals surface area contributed by atoms with Crippen LogP contribution in [-0.4, -0.2) is 53.1 Å². The molecule has 0 radical (unpaired) electrons. The molecule has 1 fully saturated rings. The van der Waals surface area contributed by atoms with Crippen LogP contribution in [0.3, 0.4) is 0 Å². The van der Waals surface area contributed by atoms with Gasteiger partial charge in [0.2, 0.25) is 0 Å². The van der Waals surface area contributed by atoms with Gasteiger partial charge in [-0.25, -0.2) is 4.98 Å². The zero-order valence-electron chi connectivity index (χ0n) is 18.4. The van der Waals surface area contributed by atoms with Gasteiger partial charge < -0.3 is 19.4 Å². The Hall–Kier alpha value is -3.19. The van der Waals surface area contributed by atoms with Crippen LogP contribution >= 0.6 is 15.9 Å². The Labute approximate surface area is 203 Å². The van der Waals surface area contributed by atoms with Crippen LogP contribution in [0.2, 0.25) is 0 Å². The van der Waals surface area contributed by atoms with Gasteiger partial charge in [-0.1, -0.05) is 5.92 Å². The van der Waals surface area contributed by atoms with E-state index >= 15 is 0 Å². The molecule has 10 heteroatoms. The number of likely N-dealkylation sites (tertiary alicyclic amines) is 1. The van der Waals surface area contributed by atoms with E-state index in [0.29, 0.717) is 27.1 Å². The lowest BCUT2D eigenvalue weighted by Gasteiger charge is -2.17. The summed E-state index contributed by atoms with van der Waals surface area (Å²) in [5, 5.41) is 3.09. The first-order valence-electron chi connectivity index (χ1n) is 10.7. The molecule has 1 N–H and O–H groups in total. The number of nitrogens with one attached hydrogen (secondary N) is 1. The number of rotatable bonds is 5. The SMILES string of the molecule is COc1cc(C(=O)N2CCCC2)ccc1NCC#Cc1nc2c(Br)cccn2c1CC(F)(F)F. The molecule has 1 aromatic carbocycles. The number of alkyl halides is 3. The summed E-state index contributed by atoms with van der Waals surface area (Å²) in [6.07, 6.45) is -1.98. The third-order valence-electron chi connectivity index (χ3n) is 5.49. The van der Waals surface area contributed by atoms with E-state index in [2.05, 4.69) is 38.1 Å². The van der Waals surface area contributed by atoms with E-state index in [0.717, 1.165) is 25.9 Å². The number of hydrogen-bond acceptors (Lipinski definition) is 4. The predicted molar refractivity (Wildman–Crippen MR) is 126 cm³/mol. The molecule has 178 valence electrons. The van der Waals surface area contributed by atoms with Crippen LogP contribution in [0.5, 0.6) is 5.75 Å². The molecule has 1 saturated heterocycles. The van der Waals surface area contributed by atoms with Crippen molar-refractivity contribution in [2.45, 2.75) is 25.4 Å². The molecule has 3 heterocycles. The van der Waals surface area contributed by atoms with E-state index in [9.17, 15) is 18.0 Å². The van der Waals surface area contributed by atoms with E-state index in [-0.39, 0.29) is 23.8 Å². The number of fused-ring (bicyclic) bond motifs is 1. The highest BCUT2D eigenvalue weighted by molar-refractivity contribution is 9.10. The minimum absolute atomic E-state index is 0.0151. The molecule has 1 aliphatic heterocycles. The number of ether oxygens (including phenoxy) is 1. The number of aromatic nitrogens is 2. The average molecular weight is 535 g/mol. The molecule has 0 atom stereocenters. The van der Waals surface area contributed by atoms with Crippen molar-refractivity contribution in [3.05, 3.63) is 58.0 Å². The number of hydrogen-bond donors (Lipinski definition) is 1. The number of benzene rings is 1. The number of carbonyl (C=O) groups excluding carboxylic acids is 1. The van der Waals surface area contributed by atoms with Crippen LogP contribution < -0.4 is 10.1 Å². The van der Waals surface area contributed by atoms with Crippen molar-refractivity contribution < 1.29 is 22.7 Å². The van der Waals surface area contributed by atoms with Crippen molar-refractivity contribution in [3.63, 3.8) is 0 Å². The Balaban J connectivity index is 1.52. The number of pyridine rings is 1. The van der Waals surface area contributed by atoms with Crippen molar-refractivity contribution in [2.75, 3.05) is 32.1 Å². The second-order valence-corrected chi connectivity index (χ2v) is 8.67. The number of halogens is 4. The Morgan fingerprint density at radius 1 is 1.26 bits per heavy atom. The Morgan fingerprint density at radius 2 is 2.03 bits per heavy atom. The van der Waals surface area contributed by atoms with Gasteiger partial charge >= 0.3 is 6.18 Å². The maximum absolute atomic E-state index is 13.2. The van der Waals surface area contributed by atoms with Crippen molar-refractivity contribution in [1.29, 1.82) is 0 Å². The zero-order chi connectivity index (χ0) is 24.3. The van der Waals surface area contributed by atoms with E-state index in [4.69, 9.17) is 4.74 Å². The average Bonchev–Trinajstić information content (AvgIpc) is 3.45. The minimum Gasteiger partial charge on any atom is -0.495 e. The first-order chi connectivity index (χ1) is 16.3. The van der Waals surface area contributed by atoms with Gasteiger partial charge in [0.1, 0.15) is 11.4 Å². The largest absolute Gasteiger partial charge is 0.495 e. The Morgan fingerprint density at radius 3 is 2.74 bits per heavy atom. The smallest absolute Gasteiger partial charge is 0.394 e. The van der Waals surface area contributed by atoms with Gasteiger partial charge in [-0.15, -0.1) is 0 Å². The van der Waals surface area contributed by atoms with E-state index in [1.54, 1.807) is 30.3 Å². The summed E-state index contributed by atoms with van der Waals surface area (Å²) >= 11 is 3.32. The standard InChI is InChI=1S/C24H22BrF3N4O2/c1-34-21-14-16(23(33)31-11-2-3-12-31)8-9-19(21)29-10-4-7-18-20(15-24(26,27)28)32-13-5-6-17(25)22(32)30-18/h5-6,8-9,13-14,29H,2-3,10-12,15H2,1H3. The molecule has 0 saturated carbocycles. The molecule has 3 aromatic rings. The molecule has 4 rings (SSSR count). The van der Waals surface area contributed by atoms with E-state index < -0.39 is 12.6 Å². The van der Waals surface area contributed by atoms with Crippen LogP contribution in [0.1, 0.15) is 34.6 Å². The molecule has 34 heavy (non-hydrogen) atoms. The second-order valence-electron chi connectivity index (χ2n) is 7.82. The topological polar surface area (TPSA) is 58.9 Å². The second kappa shape index (κ2) is 9.97. The summed E-state index contributed by atoms with van der Waals surface area (Å²) in [6, 6.07) is 8.49. The van der Waals surface area contributed by atoms with Gasteiger partial charge in [0.25, 0.3) is 5.91 Å². The molecule has 2 aromatic heterocycles. The van der Waals surface area contributed by atoms with Gasteiger partial charge in [0, 0.05) is 24.8 Å². The van der Waals surface area contributed by atoms with Gasteiger partial charge in [-0.2, -0.15) is 13.2 Å². The molecule has 0 aliphatic carbocycles. The normalized spacial score (nSPS) is 13.6. The van der Waals surface area contributed by atoms with Gasteiger partial charge in [0.15, 0.2) is 5.65 Å². The highest BCUT2D eigenvalue weighted by atomic mass is 79.9. The highest BCUT2D eigenvalue weighted by Gasteiger charge is 2.31. The number of methoxy groups -OCH3 is 1. The summed E-state index contributed by atoms with van der Waals surface area (Å²) in [5.41, 5.74) is 1.60. The number of amides is 1. The van der Waals surface area contributed by atoms with Gasteiger partial charge in [-0.05, 0) is 65.0 Å². The summed E-state index contributed by atoms with van der Waals surface area (Å²) in [5.74, 6) is 6.06. The van der Waals surface area contributed by atoms with Crippen molar-refractivity contribution in [1.82, 2.24) is 14.3 Å². The van der Waals surface area contributed by atoms with Crippen LogP contribution in [-0.2, 0) is 6.42 Å². The van der Waals surface area contributed by atoms with Crippen molar-refractivity contribution in [3.8, 4) is 17.6 Å². The number of nitrogens with zero attached hydrogens (tertiary/aromatic N) is 3. The lowest BCUT2D eigenvalue weighted by Crippen LogP contribution is -2.27. The van der Waals surface area contributed by atoms with Crippen LogP contribution in [0.15, 0.2) is 41.0 Å². The highest BCUT2D eigenvalue weighted by Crippen LogP contribution is 2.28.